The molecule has 5 nitrogen and oxygen atoms in total. The van der Waals surface area contributed by atoms with Gasteiger partial charge in [0.25, 0.3) is 0 Å². The number of carboxylic acid groups (broad SMARTS) is 1. The highest BCUT2D eigenvalue weighted by molar-refractivity contribution is 6.33. The second-order valence-electron chi connectivity index (χ2n) is 4.36. The van der Waals surface area contributed by atoms with Crippen molar-refractivity contribution in [3.63, 3.8) is 0 Å². The summed E-state index contributed by atoms with van der Waals surface area (Å²) in [6.07, 6.45) is 1.31. The van der Waals surface area contributed by atoms with Crippen LogP contribution in [-0.2, 0) is 0 Å². The van der Waals surface area contributed by atoms with Crippen LogP contribution in [0.2, 0.25) is 5.02 Å². The molecule has 19 heavy (non-hydrogen) atoms. The normalized spacial score (nSPS) is 12.5. The minimum Gasteiger partial charge on any atom is -0.476 e. The zero-order valence-corrected chi connectivity index (χ0v) is 11.8. The molecule has 106 valence electrons. The minimum absolute atomic E-state index is 0.0959. The van der Waals surface area contributed by atoms with Crippen molar-refractivity contribution < 1.29 is 15.0 Å². The maximum atomic E-state index is 10.9. The first-order valence-corrected chi connectivity index (χ1v) is 6.69. The lowest BCUT2D eigenvalue weighted by Gasteiger charge is -2.20. The Morgan fingerprint density at radius 2 is 2.05 bits per heavy atom. The average molecular weight is 287 g/mol. The molecule has 1 rings (SSSR count). The molecule has 1 aromatic heterocycles. The van der Waals surface area contributed by atoms with E-state index in [0.717, 1.165) is 12.8 Å². The van der Waals surface area contributed by atoms with Crippen LogP contribution < -0.4 is 5.32 Å². The van der Waals surface area contributed by atoms with Crippen molar-refractivity contribution in [1.29, 1.82) is 0 Å². The van der Waals surface area contributed by atoms with Crippen molar-refractivity contribution >= 4 is 23.4 Å². The van der Waals surface area contributed by atoms with Crippen LogP contribution in [0.4, 0.5) is 5.82 Å². The largest absolute Gasteiger partial charge is 0.476 e. The van der Waals surface area contributed by atoms with Gasteiger partial charge < -0.3 is 15.5 Å². The molecule has 0 aliphatic heterocycles. The molecule has 1 aromatic rings. The van der Waals surface area contributed by atoms with Gasteiger partial charge in [0, 0.05) is 6.54 Å². The third-order valence-corrected chi connectivity index (χ3v) is 3.44. The van der Waals surface area contributed by atoms with Gasteiger partial charge in [0.1, 0.15) is 5.82 Å². The van der Waals surface area contributed by atoms with Crippen LogP contribution in [0.25, 0.3) is 0 Å². The molecule has 0 saturated heterocycles. The highest BCUT2D eigenvalue weighted by Gasteiger charge is 2.16. The molecule has 3 N–H and O–H groups in total. The number of carboxylic acids is 1. The number of rotatable bonds is 7. The predicted octanol–water partition coefficient (Wildman–Crippen LogP) is 2.64. The minimum atomic E-state index is -1.17. The smallest absolute Gasteiger partial charge is 0.356 e. The molecule has 1 atom stereocenters. The topological polar surface area (TPSA) is 82.5 Å². The zero-order valence-electron chi connectivity index (χ0n) is 11.1. The van der Waals surface area contributed by atoms with Crippen LogP contribution in [0.1, 0.15) is 37.2 Å². The summed E-state index contributed by atoms with van der Waals surface area (Å²) in [5.41, 5.74) is -0.191. The lowest BCUT2D eigenvalue weighted by atomic mass is 9.96. The molecule has 0 radical (unpaired) electrons. The van der Waals surface area contributed by atoms with Crippen LogP contribution >= 0.6 is 11.6 Å². The molecular formula is C13H19ClN2O3. The van der Waals surface area contributed by atoms with E-state index >= 15 is 0 Å². The molecule has 0 bridgehead atoms. The van der Waals surface area contributed by atoms with Crippen LogP contribution in [0.3, 0.4) is 0 Å². The number of aromatic nitrogens is 1. The number of aliphatic hydroxyl groups excluding tert-OH is 1. The van der Waals surface area contributed by atoms with Gasteiger partial charge in [-0.25, -0.2) is 9.78 Å². The van der Waals surface area contributed by atoms with Gasteiger partial charge in [0.2, 0.25) is 0 Å². The molecule has 6 heteroatoms. The predicted molar refractivity (Wildman–Crippen MR) is 74.8 cm³/mol. The van der Waals surface area contributed by atoms with Gasteiger partial charge in [-0.3, -0.25) is 0 Å². The maximum absolute atomic E-state index is 10.9. The summed E-state index contributed by atoms with van der Waals surface area (Å²) in [5, 5.41) is 21.9. The van der Waals surface area contributed by atoms with Crippen molar-refractivity contribution in [1.82, 2.24) is 4.98 Å². The molecule has 1 heterocycles. The molecular weight excluding hydrogens is 268 g/mol. The quantitative estimate of drug-likeness (QED) is 0.718. The number of aromatic carboxylic acids is 1. The Bertz CT molecular complexity index is 436. The first kappa shape index (κ1) is 15.7. The Morgan fingerprint density at radius 3 is 2.58 bits per heavy atom. The van der Waals surface area contributed by atoms with Gasteiger partial charge in [0.05, 0.1) is 11.1 Å². The Hall–Kier alpha value is -1.33. The number of hydrogen-bond donors (Lipinski definition) is 3. The number of pyridine rings is 1. The van der Waals surface area contributed by atoms with Gasteiger partial charge >= 0.3 is 5.97 Å². The van der Waals surface area contributed by atoms with Crippen molar-refractivity contribution in [3.05, 3.63) is 22.8 Å². The molecule has 0 aliphatic rings. The molecule has 1 unspecified atom stereocenters. The van der Waals surface area contributed by atoms with E-state index in [4.69, 9.17) is 16.7 Å². The molecule has 0 amide bonds. The summed E-state index contributed by atoms with van der Waals surface area (Å²) >= 11 is 5.73. The van der Waals surface area contributed by atoms with Crippen molar-refractivity contribution in [2.75, 3.05) is 11.9 Å². The third kappa shape index (κ3) is 4.36. The molecule has 0 fully saturated rings. The van der Waals surface area contributed by atoms with E-state index in [1.165, 1.54) is 6.07 Å². The number of nitrogens with zero attached hydrogens (tertiary/aromatic N) is 1. The van der Waals surface area contributed by atoms with E-state index in [-0.39, 0.29) is 16.6 Å². The second-order valence-corrected chi connectivity index (χ2v) is 4.76. The Balaban J connectivity index is 2.68. The van der Waals surface area contributed by atoms with Crippen LogP contribution in [-0.4, -0.2) is 33.8 Å². The summed E-state index contributed by atoms with van der Waals surface area (Å²) in [5.74, 6) is -0.556. The second kappa shape index (κ2) is 7.31. The van der Waals surface area contributed by atoms with Crippen LogP contribution in [0, 0.1) is 5.92 Å². The fourth-order valence-electron chi connectivity index (χ4n) is 1.90. The number of halogens is 1. The first-order valence-electron chi connectivity index (χ1n) is 6.31. The molecule has 0 aromatic carbocycles. The van der Waals surface area contributed by atoms with E-state index < -0.39 is 12.1 Å². The average Bonchev–Trinajstić information content (AvgIpc) is 2.38. The number of anilines is 1. The van der Waals surface area contributed by atoms with E-state index in [2.05, 4.69) is 10.3 Å². The van der Waals surface area contributed by atoms with Gasteiger partial charge in [-0.2, -0.15) is 0 Å². The number of hydrogen-bond acceptors (Lipinski definition) is 4. The van der Waals surface area contributed by atoms with E-state index in [1.54, 1.807) is 6.07 Å². The van der Waals surface area contributed by atoms with E-state index in [9.17, 15) is 9.90 Å². The molecule has 0 saturated carbocycles. The summed E-state index contributed by atoms with van der Waals surface area (Å²) in [7, 11) is 0. The number of aliphatic hydroxyl groups is 1. The van der Waals surface area contributed by atoms with Crippen molar-refractivity contribution in [3.8, 4) is 0 Å². The highest BCUT2D eigenvalue weighted by Crippen LogP contribution is 2.18. The first-order chi connectivity index (χ1) is 8.99. The van der Waals surface area contributed by atoms with Gasteiger partial charge in [-0.1, -0.05) is 38.3 Å². The van der Waals surface area contributed by atoms with Crippen molar-refractivity contribution in [2.45, 2.75) is 32.8 Å². The Labute approximate surface area is 117 Å². The standard InChI is InChI=1S/C13H19ClN2O3/c1-3-8(4-2)10(17)7-15-11-6-5-9(14)12(16-11)13(18)19/h5-6,8,10,17H,3-4,7H2,1-2H3,(H,15,16)(H,18,19). The van der Waals surface area contributed by atoms with Crippen LogP contribution in [0.15, 0.2) is 12.1 Å². The maximum Gasteiger partial charge on any atom is 0.356 e. The molecule has 0 spiro atoms. The fraction of sp³-hybridized carbons (Fsp3) is 0.538. The van der Waals surface area contributed by atoms with Crippen LogP contribution in [0.5, 0.6) is 0 Å². The summed E-state index contributed by atoms with van der Waals surface area (Å²) in [4.78, 5) is 14.8. The molecule has 0 aliphatic carbocycles. The third-order valence-electron chi connectivity index (χ3n) is 3.13. The number of carbonyl (C=O) groups is 1. The lowest BCUT2D eigenvalue weighted by molar-refractivity contribution is 0.0691. The van der Waals surface area contributed by atoms with Gasteiger partial charge in [-0.05, 0) is 18.1 Å². The summed E-state index contributed by atoms with van der Waals surface area (Å²) in [6, 6.07) is 3.07. The number of nitrogens with one attached hydrogen (secondary N) is 1. The summed E-state index contributed by atoms with van der Waals surface area (Å²) in [6.45, 7) is 4.39. The zero-order chi connectivity index (χ0) is 14.4. The van der Waals surface area contributed by atoms with E-state index in [1.807, 2.05) is 13.8 Å². The highest BCUT2D eigenvalue weighted by atomic mass is 35.5. The van der Waals surface area contributed by atoms with Gasteiger partial charge in [0.15, 0.2) is 5.69 Å². The monoisotopic (exact) mass is 286 g/mol. The Kier molecular flexibility index (Phi) is 6.05. The Morgan fingerprint density at radius 1 is 1.42 bits per heavy atom. The van der Waals surface area contributed by atoms with Crippen molar-refractivity contribution in [2.24, 2.45) is 5.92 Å². The SMILES string of the molecule is CCC(CC)C(O)CNc1ccc(Cl)c(C(=O)O)n1. The lowest BCUT2D eigenvalue weighted by Crippen LogP contribution is -2.28. The summed E-state index contributed by atoms with van der Waals surface area (Å²) < 4.78 is 0. The fourth-order valence-corrected chi connectivity index (χ4v) is 2.09. The van der Waals surface area contributed by atoms with Gasteiger partial charge in [-0.15, -0.1) is 0 Å². The van der Waals surface area contributed by atoms with E-state index in [0.29, 0.717) is 12.4 Å².